The highest BCUT2D eigenvalue weighted by Crippen LogP contribution is 2.41. The Hall–Kier alpha value is -3.85. The molecule has 0 unspecified atom stereocenters. The van der Waals surface area contributed by atoms with Crippen LogP contribution < -0.4 is 9.64 Å². The average molecular weight is 548 g/mol. The second-order valence-electron chi connectivity index (χ2n) is 11.2. The first-order valence-electron chi connectivity index (χ1n) is 13.0. The number of aryl methyl sites for hydroxylation is 1. The molecule has 202 valence electrons. The topological polar surface area (TPSA) is 93.7 Å². The van der Waals surface area contributed by atoms with Crippen molar-refractivity contribution in [1.82, 2.24) is 19.7 Å². The van der Waals surface area contributed by atoms with E-state index >= 15 is 0 Å². The van der Waals surface area contributed by atoms with Gasteiger partial charge in [0.05, 0.1) is 12.2 Å². The van der Waals surface area contributed by atoms with Gasteiger partial charge >= 0.3 is 0 Å². The molecule has 10 heteroatoms. The third-order valence-electron chi connectivity index (χ3n) is 7.44. The Bertz CT molecular complexity index is 1620. The van der Waals surface area contributed by atoms with E-state index in [0.717, 1.165) is 11.1 Å². The summed E-state index contributed by atoms with van der Waals surface area (Å²) >= 11 is 6.64. The van der Waals surface area contributed by atoms with Crippen molar-refractivity contribution in [2.45, 2.75) is 52.1 Å². The molecule has 0 saturated carbocycles. The van der Waals surface area contributed by atoms with E-state index < -0.39 is 6.04 Å². The molecule has 2 aromatic carbocycles. The van der Waals surface area contributed by atoms with E-state index in [2.05, 4.69) is 10.1 Å². The van der Waals surface area contributed by atoms with Crippen molar-refractivity contribution in [3.8, 4) is 5.75 Å². The number of nitrogens with zero attached hydrogens (tertiary/aromatic N) is 5. The molecule has 9 nitrogen and oxygen atoms in total. The summed E-state index contributed by atoms with van der Waals surface area (Å²) in [6.45, 7) is 8.81. The van der Waals surface area contributed by atoms with E-state index in [4.69, 9.17) is 20.8 Å². The van der Waals surface area contributed by atoms with Crippen LogP contribution >= 0.6 is 11.6 Å². The summed E-state index contributed by atoms with van der Waals surface area (Å²) in [4.78, 5) is 35.2. The number of hydrogen-bond acceptors (Lipinski definition) is 6. The van der Waals surface area contributed by atoms with Crippen LogP contribution in [0.1, 0.15) is 53.8 Å². The summed E-state index contributed by atoms with van der Waals surface area (Å²) in [6.07, 6.45) is 0.501. The molecule has 0 N–H and O–H groups in total. The monoisotopic (exact) mass is 547 g/mol. The molecule has 0 saturated heterocycles. The first kappa shape index (κ1) is 25.4. The Kier molecular flexibility index (Phi) is 5.95. The fourth-order valence-corrected chi connectivity index (χ4v) is 5.52. The van der Waals surface area contributed by atoms with Gasteiger partial charge in [-0.2, -0.15) is 5.10 Å². The zero-order valence-corrected chi connectivity index (χ0v) is 23.4. The zero-order valence-electron chi connectivity index (χ0n) is 22.6. The fraction of sp³-hybridized carbons (Fsp3) is 0.379. The lowest BCUT2D eigenvalue weighted by atomic mass is 9.97. The third-order valence-corrected chi connectivity index (χ3v) is 7.87. The minimum atomic E-state index is -0.815. The molecule has 6 rings (SSSR count). The molecular weight excluding hydrogens is 518 g/mol. The predicted molar refractivity (Wildman–Crippen MR) is 148 cm³/mol. The number of carbonyl (C=O) groups is 2. The first-order valence-corrected chi connectivity index (χ1v) is 13.4. The van der Waals surface area contributed by atoms with Crippen LogP contribution in [0.3, 0.4) is 0 Å². The number of hydrogen-bond donors (Lipinski definition) is 0. The lowest BCUT2D eigenvalue weighted by molar-refractivity contribution is -0.123. The van der Waals surface area contributed by atoms with E-state index in [1.807, 2.05) is 64.1 Å². The smallest absolute Gasteiger partial charge is 0.275 e. The first-order chi connectivity index (χ1) is 18.5. The average Bonchev–Trinajstić information content (AvgIpc) is 3.45. The van der Waals surface area contributed by atoms with Crippen molar-refractivity contribution in [3.63, 3.8) is 0 Å². The Labute approximate surface area is 231 Å². The predicted octanol–water partition coefficient (Wildman–Crippen LogP) is 4.75. The lowest BCUT2D eigenvalue weighted by Crippen LogP contribution is -2.54. The van der Waals surface area contributed by atoms with Crippen molar-refractivity contribution in [1.29, 1.82) is 0 Å². The van der Waals surface area contributed by atoms with Crippen molar-refractivity contribution in [2.75, 3.05) is 25.1 Å². The molecule has 0 aliphatic carbocycles. The van der Waals surface area contributed by atoms with E-state index in [0.29, 0.717) is 58.7 Å². The normalized spacial score (nSPS) is 17.7. The SMILES string of the molecule is Cc1c2c(cc3nc(C(C)(C)C)oc13)N(C)C(=O)[C@@H](N1CCc3c(nn(Cc4ccccc4)c3Cl)C1=O)CO2. The molecule has 2 amide bonds. The van der Waals surface area contributed by atoms with Crippen LogP contribution in [0.2, 0.25) is 5.15 Å². The molecule has 1 atom stereocenters. The summed E-state index contributed by atoms with van der Waals surface area (Å²) in [5, 5.41) is 5.01. The molecule has 0 bridgehead atoms. The number of halogens is 1. The van der Waals surface area contributed by atoms with Gasteiger partial charge in [-0.1, -0.05) is 62.7 Å². The number of anilines is 1. The number of amides is 2. The number of ether oxygens (including phenoxy) is 1. The van der Waals surface area contributed by atoms with E-state index in [-0.39, 0.29) is 29.5 Å². The van der Waals surface area contributed by atoms with Crippen molar-refractivity contribution < 1.29 is 18.7 Å². The van der Waals surface area contributed by atoms with Gasteiger partial charge in [-0.05, 0) is 25.0 Å². The van der Waals surface area contributed by atoms with Gasteiger partial charge in [-0.25, -0.2) is 9.67 Å². The van der Waals surface area contributed by atoms with E-state index in [1.54, 1.807) is 21.5 Å². The van der Waals surface area contributed by atoms with E-state index in [9.17, 15) is 9.59 Å². The highest BCUT2D eigenvalue weighted by atomic mass is 35.5. The minimum absolute atomic E-state index is 0.0162. The van der Waals surface area contributed by atoms with Crippen LogP contribution in [-0.2, 0) is 23.2 Å². The molecular formula is C29H30ClN5O4. The van der Waals surface area contributed by atoms with Crippen LogP contribution in [-0.4, -0.2) is 57.7 Å². The van der Waals surface area contributed by atoms with Crippen LogP contribution in [0, 0.1) is 6.92 Å². The molecule has 2 aromatic heterocycles. The molecule has 39 heavy (non-hydrogen) atoms. The van der Waals surface area contributed by atoms with Crippen molar-refractivity contribution in [2.24, 2.45) is 0 Å². The number of fused-ring (bicyclic) bond motifs is 3. The Morgan fingerprint density at radius 2 is 1.90 bits per heavy atom. The Balaban J connectivity index is 1.30. The maximum absolute atomic E-state index is 13.7. The number of benzene rings is 2. The number of rotatable bonds is 3. The standard InChI is InChI=1S/C29H30ClN5O4/c1-16-23-19(31-28(39-23)29(2,3)4)13-20-24(16)38-15-21(26(36)33(20)5)34-12-11-18-22(27(34)37)32-35(25(18)30)14-17-9-7-6-8-10-17/h6-10,13,21H,11-12,14-15H2,1-5H3/t21-/m0/s1. The maximum Gasteiger partial charge on any atom is 0.275 e. The maximum atomic E-state index is 13.7. The fourth-order valence-electron chi connectivity index (χ4n) is 5.24. The summed E-state index contributed by atoms with van der Waals surface area (Å²) in [7, 11) is 1.70. The van der Waals surface area contributed by atoms with Gasteiger partial charge in [0, 0.05) is 30.1 Å². The second kappa shape index (κ2) is 9.12. The third kappa shape index (κ3) is 4.16. The summed E-state index contributed by atoms with van der Waals surface area (Å²) in [6, 6.07) is 10.8. The number of carbonyl (C=O) groups excluding carboxylic acids is 2. The highest BCUT2D eigenvalue weighted by molar-refractivity contribution is 6.31. The Morgan fingerprint density at radius 1 is 1.15 bits per heavy atom. The largest absolute Gasteiger partial charge is 0.488 e. The minimum Gasteiger partial charge on any atom is -0.488 e. The number of aromatic nitrogens is 3. The van der Waals surface area contributed by atoms with Crippen LogP contribution in [0.25, 0.3) is 11.1 Å². The van der Waals surface area contributed by atoms with Crippen LogP contribution in [0.5, 0.6) is 5.75 Å². The van der Waals surface area contributed by atoms with Gasteiger partial charge in [-0.15, -0.1) is 0 Å². The second-order valence-corrected chi connectivity index (χ2v) is 11.6. The molecule has 0 spiro atoms. The van der Waals surface area contributed by atoms with Gasteiger partial charge in [0.2, 0.25) is 5.89 Å². The van der Waals surface area contributed by atoms with Gasteiger partial charge in [-0.3, -0.25) is 9.59 Å². The molecule has 0 fully saturated rings. The van der Waals surface area contributed by atoms with Crippen LogP contribution in [0.15, 0.2) is 40.8 Å². The van der Waals surface area contributed by atoms with Crippen molar-refractivity contribution >= 4 is 40.2 Å². The van der Waals surface area contributed by atoms with Gasteiger partial charge in [0.1, 0.15) is 29.1 Å². The Morgan fingerprint density at radius 3 is 2.62 bits per heavy atom. The number of oxazole rings is 1. The van der Waals surface area contributed by atoms with Crippen LogP contribution in [0.4, 0.5) is 5.69 Å². The van der Waals surface area contributed by atoms with Crippen molar-refractivity contribution in [3.05, 3.63) is 69.8 Å². The number of likely N-dealkylation sites (N-methyl/N-ethyl adjacent to an activating group) is 1. The molecule has 2 aliphatic heterocycles. The van der Waals surface area contributed by atoms with E-state index in [1.165, 1.54) is 0 Å². The summed E-state index contributed by atoms with van der Waals surface area (Å²) < 4.78 is 14.0. The quantitative estimate of drug-likeness (QED) is 0.367. The molecule has 4 heterocycles. The van der Waals surface area contributed by atoms with Gasteiger partial charge < -0.3 is 19.0 Å². The highest BCUT2D eigenvalue weighted by Gasteiger charge is 2.41. The summed E-state index contributed by atoms with van der Waals surface area (Å²) in [5.41, 5.74) is 4.43. The summed E-state index contributed by atoms with van der Waals surface area (Å²) in [5.74, 6) is 0.609. The van der Waals surface area contributed by atoms with Gasteiger partial charge in [0.25, 0.3) is 11.8 Å². The molecule has 0 radical (unpaired) electrons. The van der Waals surface area contributed by atoms with Gasteiger partial charge in [0.15, 0.2) is 11.3 Å². The zero-order chi connectivity index (χ0) is 27.6. The molecule has 4 aromatic rings. The lowest BCUT2D eigenvalue weighted by Gasteiger charge is -2.33. The molecule has 2 aliphatic rings.